The van der Waals surface area contributed by atoms with Crippen molar-refractivity contribution in [2.45, 2.75) is 13.0 Å². The van der Waals surface area contributed by atoms with E-state index in [1.54, 1.807) is 6.20 Å². The summed E-state index contributed by atoms with van der Waals surface area (Å²) in [6.07, 6.45) is 6.64. The molecule has 0 saturated carbocycles. The van der Waals surface area contributed by atoms with Gasteiger partial charge in [-0.2, -0.15) is 0 Å². The summed E-state index contributed by atoms with van der Waals surface area (Å²) >= 11 is 9.38. The Labute approximate surface area is 114 Å². The first-order valence-electron chi connectivity index (χ1n) is 5.40. The van der Waals surface area contributed by atoms with E-state index in [2.05, 4.69) is 30.8 Å². The minimum absolute atomic E-state index is 0.726. The minimum Gasteiger partial charge on any atom is -0.385 e. The number of benzene rings is 1. The average molecular weight is 315 g/mol. The summed E-state index contributed by atoms with van der Waals surface area (Å²) < 4.78 is 2.99. The van der Waals surface area contributed by atoms with Gasteiger partial charge in [0.1, 0.15) is 0 Å². The van der Waals surface area contributed by atoms with E-state index in [0.29, 0.717) is 0 Å². The zero-order valence-electron chi connectivity index (χ0n) is 9.24. The Morgan fingerprint density at radius 3 is 3.00 bits per heavy atom. The van der Waals surface area contributed by atoms with Crippen LogP contribution >= 0.6 is 27.5 Å². The van der Waals surface area contributed by atoms with E-state index in [1.165, 1.54) is 0 Å². The quantitative estimate of drug-likeness (QED) is 0.851. The highest BCUT2D eigenvalue weighted by Gasteiger charge is 1.98. The second-order valence-electron chi connectivity index (χ2n) is 3.71. The van der Waals surface area contributed by atoms with Gasteiger partial charge in [-0.1, -0.05) is 11.6 Å². The number of imidazole rings is 1. The maximum atomic E-state index is 6.01. The molecule has 0 fully saturated rings. The molecule has 17 heavy (non-hydrogen) atoms. The Balaban J connectivity index is 1.76. The maximum absolute atomic E-state index is 6.01. The van der Waals surface area contributed by atoms with Crippen LogP contribution in [-0.2, 0) is 6.54 Å². The molecule has 1 aromatic carbocycles. The van der Waals surface area contributed by atoms with Crippen molar-refractivity contribution in [1.29, 1.82) is 0 Å². The van der Waals surface area contributed by atoms with Gasteiger partial charge in [-0.15, -0.1) is 0 Å². The molecule has 0 saturated heterocycles. The highest BCUT2D eigenvalue weighted by molar-refractivity contribution is 9.10. The van der Waals surface area contributed by atoms with Crippen molar-refractivity contribution < 1.29 is 0 Å². The molecule has 0 spiro atoms. The van der Waals surface area contributed by atoms with Gasteiger partial charge in [0.25, 0.3) is 0 Å². The number of halogens is 2. The van der Waals surface area contributed by atoms with E-state index in [1.807, 2.05) is 30.7 Å². The number of nitrogens with one attached hydrogen (secondary N) is 1. The van der Waals surface area contributed by atoms with Crippen molar-refractivity contribution >= 4 is 33.2 Å². The fourth-order valence-electron chi connectivity index (χ4n) is 1.52. The van der Waals surface area contributed by atoms with Gasteiger partial charge >= 0.3 is 0 Å². The number of anilines is 1. The van der Waals surface area contributed by atoms with E-state index in [0.717, 1.165) is 34.7 Å². The van der Waals surface area contributed by atoms with Crippen molar-refractivity contribution in [3.63, 3.8) is 0 Å². The first-order valence-corrected chi connectivity index (χ1v) is 6.57. The third-order valence-corrected chi connectivity index (χ3v) is 3.63. The first-order chi connectivity index (χ1) is 8.25. The van der Waals surface area contributed by atoms with Crippen LogP contribution in [0.4, 0.5) is 5.69 Å². The molecule has 0 atom stereocenters. The third kappa shape index (κ3) is 3.75. The molecule has 0 unspecified atom stereocenters. The lowest BCUT2D eigenvalue weighted by Gasteiger charge is -2.07. The van der Waals surface area contributed by atoms with E-state index in [4.69, 9.17) is 11.6 Å². The van der Waals surface area contributed by atoms with Gasteiger partial charge in [0.15, 0.2) is 0 Å². The SMILES string of the molecule is Clc1cc(NCCCn2ccnc2)ccc1Br. The second kappa shape index (κ2) is 6.07. The number of rotatable bonds is 5. The Kier molecular flexibility index (Phi) is 4.45. The predicted octanol–water partition coefficient (Wildman–Crippen LogP) is 3.80. The Morgan fingerprint density at radius 1 is 1.41 bits per heavy atom. The van der Waals surface area contributed by atoms with Gasteiger partial charge in [0.2, 0.25) is 0 Å². The van der Waals surface area contributed by atoms with Crippen LogP contribution in [0.2, 0.25) is 5.02 Å². The number of hydrogen-bond acceptors (Lipinski definition) is 2. The molecule has 0 bridgehead atoms. The molecule has 0 aliphatic carbocycles. The summed E-state index contributed by atoms with van der Waals surface area (Å²) in [7, 11) is 0. The molecule has 1 N–H and O–H groups in total. The average Bonchev–Trinajstić information content (AvgIpc) is 2.82. The second-order valence-corrected chi connectivity index (χ2v) is 4.97. The monoisotopic (exact) mass is 313 g/mol. The largest absolute Gasteiger partial charge is 0.385 e. The van der Waals surface area contributed by atoms with E-state index >= 15 is 0 Å². The molecule has 2 aromatic rings. The number of nitrogens with zero attached hydrogens (tertiary/aromatic N) is 2. The van der Waals surface area contributed by atoms with Gasteiger partial charge in [-0.05, 0) is 40.5 Å². The Bertz CT molecular complexity index is 471. The normalized spacial score (nSPS) is 10.5. The lowest BCUT2D eigenvalue weighted by Crippen LogP contribution is -2.05. The Morgan fingerprint density at radius 2 is 2.29 bits per heavy atom. The zero-order valence-corrected chi connectivity index (χ0v) is 11.6. The van der Waals surface area contributed by atoms with Gasteiger partial charge in [-0.3, -0.25) is 0 Å². The summed E-state index contributed by atoms with van der Waals surface area (Å²) in [6, 6.07) is 5.87. The minimum atomic E-state index is 0.726. The van der Waals surface area contributed by atoms with Crippen LogP contribution in [0.1, 0.15) is 6.42 Å². The topological polar surface area (TPSA) is 29.9 Å². The summed E-state index contributed by atoms with van der Waals surface area (Å²) in [6.45, 7) is 1.88. The van der Waals surface area contributed by atoms with Gasteiger partial charge in [-0.25, -0.2) is 4.98 Å². The molecular weight excluding hydrogens is 302 g/mol. The highest BCUT2D eigenvalue weighted by atomic mass is 79.9. The molecule has 0 amide bonds. The van der Waals surface area contributed by atoms with Gasteiger partial charge < -0.3 is 9.88 Å². The Hall–Kier alpha value is -1.000. The van der Waals surface area contributed by atoms with Crippen LogP contribution in [0.15, 0.2) is 41.4 Å². The van der Waals surface area contributed by atoms with E-state index in [9.17, 15) is 0 Å². The van der Waals surface area contributed by atoms with Crippen molar-refractivity contribution in [3.05, 3.63) is 46.4 Å². The zero-order chi connectivity index (χ0) is 12.1. The van der Waals surface area contributed by atoms with Crippen LogP contribution in [0, 0.1) is 0 Å². The van der Waals surface area contributed by atoms with Crippen molar-refractivity contribution in [1.82, 2.24) is 9.55 Å². The molecule has 0 radical (unpaired) electrons. The van der Waals surface area contributed by atoms with Gasteiger partial charge in [0.05, 0.1) is 11.3 Å². The lowest BCUT2D eigenvalue weighted by molar-refractivity contribution is 0.661. The highest BCUT2D eigenvalue weighted by Crippen LogP contribution is 2.25. The molecule has 0 aliphatic heterocycles. The van der Waals surface area contributed by atoms with Crippen molar-refractivity contribution in [2.24, 2.45) is 0 Å². The van der Waals surface area contributed by atoms with Crippen LogP contribution in [0.5, 0.6) is 0 Å². The summed E-state index contributed by atoms with van der Waals surface area (Å²) in [5.74, 6) is 0. The number of hydrogen-bond donors (Lipinski definition) is 1. The van der Waals surface area contributed by atoms with Crippen molar-refractivity contribution in [2.75, 3.05) is 11.9 Å². The smallest absolute Gasteiger partial charge is 0.0945 e. The number of aromatic nitrogens is 2. The van der Waals surface area contributed by atoms with E-state index in [-0.39, 0.29) is 0 Å². The third-order valence-electron chi connectivity index (χ3n) is 2.40. The van der Waals surface area contributed by atoms with Crippen LogP contribution < -0.4 is 5.32 Å². The molecule has 3 nitrogen and oxygen atoms in total. The van der Waals surface area contributed by atoms with Crippen LogP contribution in [0.25, 0.3) is 0 Å². The predicted molar refractivity (Wildman–Crippen MR) is 74.5 cm³/mol. The van der Waals surface area contributed by atoms with Gasteiger partial charge in [0, 0.05) is 35.6 Å². The molecule has 0 aliphatic rings. The number of aryl methyl sites for hydroxylation is 1. The molecule has 1 aromatic heterocycles. The molecular formula is C12H13BrClN3. The molecule has 90 valence electrons. The van der Waals surface area contributed by atoms with E-state index < -0.39 is 0 Å². The van der Waals surface area contributed by atoms with Crippen molar-refractivity contribution in [3.8, 4) is 0 Å². The maximum Gasteiger partial charge on any atom is 0.0945 e. The lowest BCUT2D eigenvalue weighted by atomic mass is 10.3. The molecule has 2 rings (SSSR count). The summed E-state index contributed by atoms with van der Waals surface area (Å²) in [4.78, 5) is 4.00. The first kappa shape index (κ1) is 12.5. The molecule has 1 heterocycles. The van der Waals surface area contributed by atoms with Crippen LogP contribution in [-0.4, -0.2) is 16.1 Å². The fraction of sp³-hybridized carbons (Fsp3) is 0.250. The summed E-state index contributed by atoms with van der Waals surface area (Å²) in [5.41, 5.74) is 1.05. The molecule has 5 heteroatoms. The standard InChI is InChI=1S/C12H13BrClN3/c13-11-3-2-10(8-12(11)14)16-4-1-6-17-7-5-15-9-17/h2-3,5,7-9,16H,1,4,6H2. The van der Waals surface area contributed by atoms with Crippen LogP contribution in [0.3, 0.4) is 0 Å². The summed E-state index contributed by atoms with van der Waals surface area (Å²) in [5, 5.41) is 4.06. The fourth-order valence-corrected chi connectivity index (χ4v) is 1.95.